The minimum absolute atomic E-state index is 0.00885. The van der Waals surface area contributed by atoms with E-state index in [0.29, 0.717) is 62.6 Å². The number of amides is 17. The Labute approximate surface area is 796 Å². The van der Waals surface area contributed by atoms with Gasteiger partial charge in [0.25, 0.3) is 0 Å². The number of aliphatic hydroxyl groups is 1. The molecule has 13 atom stereocenters. The summed E-state index contributed by atoms with van der Waals surface area (Å²) in [5.74, 6) is -17.7. The van der Waals surface area contributed by atoms with Gasteiger partial charge in [-0.1, -0.05) is 131 Å². The van der Waals surface area contributed by atoms with Crippen LogP contribution < -0.4 is 75.7 Å². The Bertz CT molecular complexity index is 5390. The van der Waals surface area contributed by atoms with Gasteiger partial charge in [0.05, 0.1) is 51.4 Å². The lowest BCUT2D eigenvalue weighted by Crippen LogP contribution is -2.62. The number of aromatic amines is 3. The first-order valence-electron chi connectivity index (χ1n) is 45.3. The minimum atomic E-state index is -1.89. The second-order valence-corrected chi connectivity index (χ2v) is 35.5. The Hall–Kier alpha value is -14.3. The molecule has 0 bridgehead atoms. The van der Waals surface area contributed by atoms with E-state index in [2.05, 4.69) is 78.4 Å². The molecule has 1 unspecified atom stereocenters. The number of aliphatic hydroxyl groups excluding tert-OH is 1. The Balaban J connectivity index is 1.10. The molecule has 0 radical (unpaired) electrons. The van der Waals surface area contributed by atoms with Crippen LogP contribution in [0.15, 0.2) is 134 Å². The molecule has 0 spiro atoms. The van der Waals surface area contributed by atoms with Gasteiger partial charge in [-0.25, -0.2) is 4.98 Å². The van der Waals surface area contributed by atoms with Crippen molar-refractivity contribution in [3.8, 4) is 0 Å². The Morgan fingerprint density at radius 1 is 0.547 bits per heavy atom. The van der Waals surface area contributed by atoms with E-state index in [9.17, 15) is 57.8 Å². The number of rotatable bonds is 27. The molecule has 0 aliphatic carbocycles. The van der Waals surface area contributed by atoms with E-state index in [4.69, 9.17) is 27.3 Å². The smallest absolute Gasteiger partial charge is 0.248 e. The molecular formula is C93H126N24O19S. The van der Waals surface area contributed by atoms with Crippen molar-refractivity contribution < 1.29 is 91.4 Å². The first-order chi connectivity index (χ1) is 65.4. The Morgan fingerprint density at radius 2 is 1.09 bits per heavy atom. The number of imidazole rings is 1. The van der Waals surface area contributed by atoms with Crippen LogP contribution in [-0.2, 0) is 119 Å². The fraction of sp³-hybridized carbons (Fsp3) is 0.473. The van der Waals surface area contributed by atoms with E-state index >= 15 is 28.8 Å². The zero-order chi connectivity index (χ0) is 99.7. The molecule has 17 amide bonds. The number of primary amides is 2. The van der Waals surface area contributed by atoms with Crippen LogP contribution in [0.4, 0.5) is 0 Å². The van der Waals surface area contributed by atoms with Crippen LogP contribution in [0.1, 0.15) is 113 Å². The number of fused-ring (bicyclic) bond motifs is 3. The maximum absolute atomic E-state index is 15.9. The SMILES string of the molecule is CCCC[C@H]1C(=O)NC(CCCNC(=N)N)C(=O)N[C@H](C(=O)NCC(N)=O)CSCC(=O)N[C@@H](Cc2ccccc2)C(=O)N(C)[C@@H](C)C(=O)N[C@@H](CC(N)=O)C(=O)N2CCC[C@H]2C(=O)N[C@@H](Cc2cnc[nH]2)C(=O)N[C@@H](CC(C)C)C(=O)N(C)CC(=O)N[C@@H](Cc2c[nH]c3ccccc23)C(=O)N[C@@H](CO)C(=O)N[C@@H](Cc2c[nH]c3ccccc23)C(=O)N(C)[C@@H](COCc2ccccc2)C(=O)N1C. The summed E-state index contributed by atoms with van der Waals surface area (Å²) in [6.07, 6.45) is 4.80. The Morgan fingerprint density at radius 3 is 1.70 bits per heavy atom. The normalized spacial score (nSPS) is 23.1. The maximum atomic E-state index is 15.9. The highest BCUT2D eigenvalue weighted by molar-refractivity contribution is 8.00. The molecule has 7 aromatic rings. The van der Waals surface area contributed by atoms with Crippen molar-refractivity contribution in [2.75, 3.05) is 79.1 Å². The summed E-state index contributed by atoms with van der Waals surface area (Å²) in [6.45, 7) is 3.30. The summed E-state index contributed by atoms with van der Waals surface area (Å²) < 4.78 is 6.28. The van der Waals surface area contributed by atoms with E-state index in [1.54, 1.807) is 135 Å². The molecule has 22 N–H and O–H groups in total. The predicted molar refractivity (Wildman–Crippen MR) is 506 cm³/mol. The fourth-order valence-corrected chi connectivity index (χ4v) is 17.0. The number of likely N-dealkylation sites (N-methyl/N-ethyl adjacent to an activating group) is 4. The molecule has 9 rings (SSSR count). The number of nitrogens with two attached hydrogens (primary N) is 3. The Kier molecular flexibility index (Phi) is 40.4. The first-order valence-corrected chi connectivity index (χ1v) is 46.5. The molecule has 3 aromatic heterocycles. The zero-order valence-electron chi connectivity index (χ0n) is 78.0. The summed E-state index contributed by atoms with van der Waals surface area (Å²) in [7, 11) is 5.12. The topological polar surface area (TPSA) is 630 Å². The number of aromatic nitrogens is 4. The van der Waals surface area contributed by atoms with Crippen LogP contribution in [0.5, 0.6) is 0 Å². The average molecular weight is 1920 g/mol. The lowest BCUT2D eigenvalue weighted by Gasteiger charge is -2.36. The van der Waals surface area contributed by atoms with Gasteiger partial charge in [-0.3, -0.25) is 86.9 Å². The van der Waals surface area contributed by atoms with Gasteiger partial charge in [0.2, 0.25) is 100 Å². The van der Waals surface area contributed by atoms with Crippen molar-refractivity contribution in [3.63, 3.8) is 0 Å². The highest BCUT2D eigenvalue weighted by Crippen LogP contribution is 2.26. The molecule has 137 heavy (non-hydrogen) atoms. The van der Waals surface area contributed by atoms with E-state index in [0.717, 1.165) is 36.3 Å². The van der Waals surface area contributed by atoms with Gasteiger partial charge in [-0.2, -0.15) is 0 Å². The van der Waals surface area contributed by atoms with Crippen molar-refractivity contribution in [2.45, 2.75) is 196 Å². The largest absolute Gasteiger partial charge is 0.394 e. The molecule has 43 nitrogen and oxygen atoms in total. The fourth-order valence-electron chi connectivity index (χ4n) is 16.1. The van der Waals surface area contributed by atoms with Crippen molar-refractivity contribution in [3.05, 3.63) is 162 Å². The highest BCUT2D eigenvalue weighted by Gasteiger charge is 2.44. The molecule has 2 aliphatic heterocycles. The number of hydrogen-bond acceptors (Lipinski definition) is 22. The van der Waals surface area contributed by atoms with Gasteiger partial charge in [0.15, 0.2) is 5.96 Å². The van der Waals surface area contributed by atoms with Gasteiger partial charge in [0, 0.05) is 119 Å². The maximum Gasteiger partial charge on any atom is 0.248 e. The van der Waals surface area contributed by atoms with Crippen LogP contribution in [0.2, 0.25) is 0 Å². The molecule has 2 fully saturated rings. The summed E-state index contributed by atoms with van der Waals surface area (Å²) in [6, 6.07) is 11.0. The van der Waals surface area contributed by atoms with Crippen molar-refractivity contribution >= 4 is 140 Å². The first kappa shape index (κ1) is 106. The number of nitrogens with one attached hydrogen (secondary N) is 15. The number of nitrogens with zero attached hydrogens (tertiary/aromatic N) is 6. The van der Waals surface area contributed by atoms with Crippen LogP contribution in [0, 0.1) is 11.3 Å². The van der Waals surface area contributed by atoms with Crippen LogP contribution >= 0.6 is 11.8 Å². The van der Waals surface area contributed by atoms with E-state index < -0.39 is 229 Å². The monoisotopic (exact) mass is 1910 g/mol. The number of ether oxygens (including phenoxy) is 1. The molecule has 738 valence electrons. The van der Waals surface area contributed by atoms with Crippen molar-refractivity contribution in [2.24, 2.45) is 23.1 Å². The minimum Gasteiger partial charge on any atom is -0.394 e. The number of unbranched alkanes of at least 4 members (excludes halogenated alkanes) is 1. The van der Waals surface area contributed by atoms with E-state index in [1.807, 2.05) is 6.92 Å². The summed E-state index contributed by atoms with van der Waals surface area (Å²) in [4.78, 5) is 268. The van der Waals surface area contributed by atoms with E-state index in [-0.39, 0.29) is 89.8 Å². The molecule has 4 aromatic carbocycles. The van der Waals surface area contributed by atoms with Crippen molar-refractivity contribution in [1.82, 2.24) is 103 Å². The quantitative estimate of drug-likeness (QED) is 0.0149. The van der Waals surface area contributed by atoms with Crippen LogP contribution in [0.25, 0.3) is 21.8 Å². The zero-order valence-corrected chi connectivity index (χ0v) is 78.8. The molecule has 44 heteroatoms. The predicted octanol–water partition coefficient (Wildman–Crippen LogP) is -2.11. The standard InChI is InChI=1S/C93H126N24O19S/c1-9-10-32-73-86(129)106-64(31-21-34-99-93(96)97)82(125)112-72(81(124)102-45-77(95)120)50-137-51-79(122)105-68(37-55-23-13-11-14-24-55)89(132)114(6)54(4)80(123)108-70(41-76(94)119)91(134)117-35-22-33-74(117)87(130)107-66(40-59-44-98-52-103-59)84(127)109-67(36-53(2)3)88(131)113(5)46-78(121)104-65(38-57-42-100-62-29-19-17-27-60(57)62)83(126)111-71(47-118)85(128)110-69(39-58-43-101-63-30-20-18-28-61(58)63)90(133)116(8)75(92(135)115(73)7)49-136-48-56-25-15-12-16-26-56/h11-20,23-30,42-44,52-54,64-75,100-101,118H,9-10,21-22,31-41,45-51H2,1-8H3,(H2,94,119)(H2,95,120)(H,98,103)(H,102,124)(H,104,121)(H,105,122)(H,106,129)(H,107,130)(H,108,123)(H,109,127)(H,110,128)(H,111,126)(H,112,125)(H4,96,97,99)/t54-,64?,65-,66-,67-,68-,69-,70-,71-,72-,73-,74-,75-/m0/s1. The molecule has 5 heterocycles. The van der Waals surface area contributed by atoms with Crippen LogP contribution in [0.3, 0.4) is 0 Å². The average Bonchev–Trinajstić information content (AvgIpc) is 1.55. The van der Waals surface area contributed by atoms with Gasteiger partial charge >= 0.3 is 0 Å². The van der Waals surface area contributed by atoms with Gasteiger partial charge in [0.1, 0.15) is 78.5 Å². The lowest BCUT2D eigenvalue weighted by molar-refractivity contribution is -0.151. The van der Waals surface area contributed by atoms with Crippen LogP contribution in [-0.4, -0.2) is 314 Å². The number of H-pyrrole nitrogens is 3. The highest BCUT2D eigenvalue weighted by atomic mass is 32.2. The van der Waals surface area contributed by atoms with Gasteiger partial charge in [-0.15, -0.1) is 11.8 Å². The molecular weight excluding hydrogens is 1790 g/mol. The summed E-state index contributed by atoms with van der Waals surface area (Å²) >= 11 is 0.784. The number of para-hydroxylation sites is 2. The number of carbonyl (C=O) groups is 17. The lowest BCUT2D eigenvalue weighted by atomic mass is 10.0. The third-order valence-corrected chi connectivity index (χ3v) is 24.7. The number of hydrogen-bond donors (Lipinski definition) is 19. The van der Waals surface area contributed by atoms with Gasteiger partial charge < -0.3 is 125 Å². The summed E-state index contributed by atoms with van der Waals surface area (Å²) in [5.41, 5.74) is 20.6. The summed E-state index contributed by atoms with van der Waals surface area (Å²) in [5, 5.41) is 49.4. The van der Waals surface area contributed by atoms with Gasteiger partial charge in [-0.05, 0) is 85.8 Å². The van der Waals surface area contributed by atoms with E-state index in [1.165, 1.54) is 47.6 Å². The third kappa shape index (κ3) is 31.1. The third-order valence-electron chi connectivity index (χ3n) is 23.7. The number of carbonyl (C=O) groups excluding carboxylic acids is 17. The number of guanidine groups is 1. The van der Waals surface area contributed by atoms with Crippen molar-refractivity contribution in [1.29, 1.82) is 5.41 Å². The molecule has 2 saturated heterocycles. The molecule has 2 aliphatic rings. The number of thioether (sulfide) groups is 1. The molecule has 0 saturated carbocycles. The second-order valence-electron chi connectivity index (χ2n) is 34.5. The second kappa shape index (κ2) is 52.0. The number of benzene rings is 4.